The highest BCUT2D eigenvalue weighted by Crippen LogP contribution is 2.30. The minimum absolute atomic E-state index is 0.796. The molecule has 10 heavy (non-hydrogen) atoms. The zero-order valence-electron chi connectivity index (χ0n) is 7.28. The van der Waals surface area contributed by atoms with Crippen molar-refractivity contribution >= 4 is 0 Å². The molecule has 0 bridgehead atoms. The van der Waals surface area contributed by atoms with Gasteiger partial charge in [0, 0.05) is 6.42 Å². The van der Waals surface area contributed by atoms with Crippen molar-refractivity contribution in [1.82, 2.24) is 0 Å². The van der Waals surface area contributed by atoms with E-state index in [2.05, 4.69) is 26.8 Å². The fourth-order valence-corrected chi connectivity index (χ4v) is 1.39. The van der Waals surface area contributed by atoms with Gasteiger partial charge in [0.15, 0.2) is 0 Å². The standard InChI is InChI=1S/C10H17/c1-8(2)10-6-4-9(3)5-7-10/h4,8H,5-7H2,1-3H3/q+1. The summed E-state index contributed by atoms with van der Waals surface area (Å²) in [7, 11) is 0. The third-order valence-electron chi connectivity index (χ3n) is 2.37. The van der Waals surface area contributed by atoms with Crippen LogP contribution in [0.4, 0.5) is 0 Å². The molecule has 0 heterocycles. The minimum atomic E-state index is 0.796. The molecule has 0 amide bonds. The van der Waals surface area contributed by atoms with E-state index >= 15 is 0 Å². The Bertz CT molecular complexity index is 131. The Morgan fingerprint density at radius 1 is 1.50 bits per heavy atom. The first kappa shape index (κ1) is 7.71. The molecule has 0 spiro atoms. The molecular weight excluding hydrogens is 120 g/mol. The van der Waals surface area contributed by atoms with Crippen LogP contribution in [0.1, 0.15) is 40.0 Å². The molecule has 0 heteroatoms. The molecule has 0 aliphatic heterocycles. The zero-order chi connectivity index (χ0) is 7.56. The Morgan fingerprint density at radius 2 is 2.20 bits per heavy atom. The Morgan fingerprint density at radius 3 is 2.60 bits per heavy atom. The smallest absolute Gasteiger partial charge is 0.0689 e. The van der Waals surface area contributed by atoms with E-state index in [0.717, 1.165) is 5.92 Å². The van der Waals surface area contributed by atoms with E-state index in [1.54, 1.807) is 11.5 Å². The Labute approximate surface area is 64.3 Å². The van der Waals surface area contributed by atoms with Crippen LogP contribution in [0, 0.1) is 11.8 Å². The lowest BCUT2D eigenvalue weighted by atomic mass is 9.83. The van der Waals surface area contributed by atoms with Gasteiger partial charge in [-0.15, -0.1) is 0 Å². The van der Waals surface area contributed by atoms with Crippen LogP contribution in [-0.4, -0.2) is 0 Å². The van der Waals surface area contributed by atoms with Gasteiger partial charge in [0.05, 0.1) is 18.3 Å². The highest BCUT2D eigenvalue weighted by molar-refractivity contribution is 5.13. The van der Waals surface area contributed by atoms with Crippen molar-refractivity contribution in [2.24, 2.45) is 5.92 Å². The first-order chi connectivity index (χ1) is 4.70. The van der Waals surface area contributed by atoms with Crippen LogP contribution in [-0.2, 0) is 0 Å². The summed E-state index contributed by atoms with van der Waals surface area (Å²) in [5, 5.41) is 0. The SMILES string of the molecule is CC1=CC[C+](C(C)C)CC1. The van der Waals surface area contributed by atoms with E-state index in [9.17, 15) is 0 Å². The molecule has 1 aliphatic carbocycles. The fraction of sp³-hybridized carbons (Fsp3) is 0.700. The zero-order valence-corrected chi connectivity index (χ0v) is 7.28. The molecule has 0 unspecified atom stereocenters. The molecule has 1 aliphatic rings. The summed E-state index contributed by atoms with van der Waals surface area (Å²) in [5.41, 5.74) is 1.57. The molecule has 0 fully saturated rings. The first-order valence-electron chi connectivity index (χ1n) is 4.20. The van der Waals surface area contributed by atoms with Crippen LogP contribution >= 0.6 is 0 Å². The number of hydrogen-bond acceptors (Lipinski definition) is 0. The normalized spacial score (nSPS) is 19.6. The Hall–Kier alpha value is -0.390. The summed E-state index contributed by atoms with van der Waals surface area (Å²) < 4.78 is 0. The van der Waals surface area contributed by atoms with Gasteiger partial charge in [-0.3, -0.25) is 0 Å². The van der Waals surface area contributed by atoms with E-state index in [1.165, 1.54) is 19.3 Å². The van der Waals surface area contributed by atoms with Crippen molar-refractivity contribution in [2.75, 3.05) is 0 Å². The van der Waals surface area contributed by atoms with Crippen molar-refractivity contribution in [2.45, 2.75) is 40.0 Å². The molecule has 0 aromatic carbocycles. The summed E-state index contributed by atoms with van der Waals surface area (Å²) in [4.78, 5) is 0. The van der Waals surface area contributed by atoms with Crippen molar-refractivity contribution in [3.63, 3.8) is 0 Å². The number of rotatable bonds is 1. The average Bonchev–Trinajstić information content (AvgIpc) is 1.88. The van der Waals surface area contributed by atoms with E-state index in [1.807, 2.05) is 0 Å². The van der Waals surface area contributed by atoms with Crippen LogP contribution in [0.2, 0.25) is 0 Å². The quantitative estimate of drug-likeness (QED) is 0.384. The summed E-state index contributed by atoms with van der Waals surface area (Å²) in [6.07, 6.45) is 6.25. The summed E-state index contributed by atoms with van der Waals surface area (Å²) in [5.74, 6) is 2.52. The van der Waals surface area contributed by atoms with Crippen molar-refractivity contribution < 1.29 is 0 Å². The fourth-order valence-electron chi connectivity index (χ4n) is 1.39. The topological polar surface area (TPSA) is 0 Å². The summed E-state index contributed by atoms with van der Waals surface area (Å²) in [6, 6.07) is 0. The van der Waals surface area contributed by atoms with Gasteiger partial charge in [-0.05, 0) is 26.8 Å². The van der Waals surface area contributed by atoms with Gasteiger partial charge in [0.2, 0.25) is 0 Å². The Kier molecular flexibility index (Phi) is 2.42. The maximum atomic E-state index is 2.37. The maximum Gasteiger partial charge on any atom is 0.109 e. The van der Waals surface area contributed by atoms with Crippen LogP contribution in [0.25, 0.3) is 0 Å². The molecule has 0 aromatic rings. The molecule has 0 aromatic heterocycles. The van der Waals surface area contributed by atoms with Gasteiger partial charge in [-0.2, -0.15) is 0 Å². The first-order valence-corrected chi connectivity index (χ1v) is 4.20. The van der Waals surface area contributed by atoms with Crippen molar-refractivity contribution in [3.05, 3.63) is 17.6 Å². The monoisotopic (exact) mass is 137 g/mol. The van der Waals surface area contributed by atoms with E-state index in [-0.39, 0.29) is 0 Å². The van der Waals surface area contributed by atoms with Crippen molar-refractivity contribution in [3.8, 4) is 0 Å². The van der Waals surface area contributed by atoms with E-state index in [4.69, 9.17) is 0 Å². The van der Waals surface area contributed by atoms with Gasteiger partial charge in [-0.25, -0.2) is 0 Å². The highest BCUT2D eigenvalue weighted by Gasteiger charge is 2.25. The second-order valence-electron chi connectivity index (χ2n) is 3.57. The van der Waals surface area contributed by atoms with Gasteiger partial charge in [-0.1, -0.05) is 5.57 Å². The lowest BCUT2D eigenvalue weighted by Crippen LogP contribution is -2.08. The highest BCUT2D eigenvalue weighted by atomic mass is 14.2. The second-order valence-corrected chi connectivity index (χ2v) is 3.57. The predicted molar refractivity (Wildman–Crippen MR) is 45.7 cm³/mol. The molecule has 56 valence electrons. The average molecular weight is 137 g/mol. The van der Waals surface area contributed by atoms with Crippen LogP contribution < -0.4 is 0 Å². The molecule has 1 rings (SSSR count). The molecular formula is C10H17+. The van der Waals surface area contributed by atoms with Gasteiger partial charge in [0.1, 0.15) is 6.42 Å². The third kappa shape index (κ3) is 1.80. The van der Waals surface area contributed by atoms with Gasteiger partial charge < -0.3 is 0 Å². The van der Waals surface area contributed by atoms with E-state index < -0.39 is 0 Å². The van der Waals surface area contributed by atoms with Crippen molar-refractivity contribution in [1.29, 1.82) is 0 Å². The third-order valence-corrected chi connectivity index (χ3v) is 2.37. The largest absolute Gasteiger partial charge is 0.109 e. The molecule has 0 radical (unpaired) electrons. The predicted octanol–water partition coefficient (Wildman–Crippen LogP) is 3.35. The number of hydrogen-bond donors (Lipinski definition) is 0. The molecule has 0 N–H and O–H groups in total. The Balaban J connectivity index is 2.42. The minimum Gasteiger partial charge on any atom is -0.0689 e. The maximum absolute atomic E-state index is 2.37. The summed E-state index contributed by atoms with van der Waals surface area (Å²) >= 11 is 0. The molecule has 0 atom stereocenters. The lowest BCUT2D eigenvalue weighted by Gasteiger charge is -2.13. The number of allylic oxidation sites excluding steroid dienone is 2. The van der Waals surface area contributed by atoms with Gasteiger partial charge >= 0.3 is 0 Å². The van der Waals surface area contributed by atoms with Crippen LogP contribution in [0.5, 0.6) is 0 Å². The van der Waals surface area contributed by atoms with E-state index in [0.29, 0.717) is 0 Å². The van der Waals surface area contributed by atoms with Gasteiger partial charge in [0.25, 0.3) is 0 Å². The molecule has 0 nitrogen and oxygen atoms in total. The summed E-state index contributed by atoms with van der Waals surface area (Å²) in [6.45, 7) is 6.82. The van der Waals surface area contributed by atoms with Crippen LogP contribution in [0.3, 0.4) is 0 Å². The second kappa shape index (κ2) is 3.14. The molecule has 0 saturated heterocycles. The van der Waals surface area contributed by atoms with Crippen LogP contribution in [0.15, 0.2) is 11.6 Å². The molecule has 0 saturated carbocycles. The lowest BCUT2D eigenvalue weighted by molar-refractivity contribution is 0.562.